The Morgan fingerprint density at radius 2 is 2.33 bits per heavy atom. The Kier molecular flexibility index (Phi) is 2.27. The van der Waals surface area contributed by atoms with Crippen molar-refractivity contribution in [2.75, 3.05) is 13.1 Å². The second kappa shape index (κ2) is 2.82. The van der Waals surface area contributed by atoms with Gasteiger partial charge in [0.05, 0.1) is 18.1 Å². The van der Waals surface area contributed by atoms with Gasteiger partial charge in [0.15, 0.2) is 0 Å². The summed E-state index contributed by atoms with van der Waals surface area (Å²) < 4.78 is 1.93. The fourth-order valence-corrected chi connectivity index (χ4v) is 1.69. The normalized spacial score (nSPS) is 36.6. The zero-order valence-corrected chi connectivity index (χ0v) is 6.95. The van der Waals surface area contributed by atoms with Gasteiger partial charge in [-0.05, 0) is 0 Å². The van der Waals surface area contributed by atoms with E-state index < -0.39 is 6.10 Å². The van der Waals surface area contributed by atoms with Gasteiger partial charge >= 0.3 is 0 Å². The van der Waals surface area contributed by atoms with Crippen LogP contribution in [0.3, 0.4) is 0 Å². The van der Waals surface area contributed by atoms with Crippen molar-refractivity contribution in [2.24, 2.45) is 5.92 Å². The largest absolute Gasteiger partial charge is 0.390 e. The zero-order chi connectivity index (χ0) is 6.85. The van der Waals surface area contributed by atoms with E-state index in [9.17, 15) is 0 Å². The summed E-state index contributed by atoms with van der Waals surface area (Å²) in [5, 5.41) is 17.5. The number of nitriles is 1. The highest BCUT2D eigenvalue weighted by Crippen LogP contribution is 2.18. The first kappa shape index (κ1) is 7.25. The van der Waals surface area contributed by atoms with Crippen LogP contribution in [-0.4, -0.2) is 27.4 Å². The zero-order valence-electron chi connectivity index (χ0n) is 4.79. The lowest BCUT2D eigenvalue weighted by atomic mass is 10.1. The lowest BCUT2D eigenvalue weighted by molar-refractivity contribution is 0.168. The number of hydrogen-bond acceptors (Lipinski definition) is 3. The predicted molar refractivity (Wildman–Crippen MR) is 40.7 cm³/mol. The van der Waals surface area contributed by atoms with Crippen molar-refractivity contribution >= 4 is 22.9 Å². The first-order valence-electron chi connectivity index (χ1n) is 2.72. The van der Waals surface area contributed by atoms with Crippen molar-refractivity contribution in [3.8, 4) is 6.07 Å². The maximum Gasteiger partial charge on any atom is 0.0870 e. The minimum absolute atomic E-state index is 0.179. The van der Waals surface area contributed by atoms with Gasteiger partial charge < -0.3 is 5.11 Å². The van der Waals surface area contributed by atoms with E-state index in [1.807, 2.05) is 9.18 Å². The third kappa shape index (κ3) is 1.53. The van der Waals surface area contributed by atoms with Crippen molar-refractivity contribution in [1.82, 2.24) is 3.11 Å². The SMILES string of the molecule is N#C[C@H]1CN(I)C[C@H]1O. The van der Waals surface area contributed by atoms with Crippen molar-refractivity contribution in [2.45, 2.75) is 6.10 Å². The van der Waals surface area contributed by atoms with Crippen LogP contribution in [0.25, 0.3) is 0 Å². The number of hydrogen-bond donors (Lipinski definition) is 1. The molecule has 3 nitrogen and oxygen atoms in total. The molecule has 1 aliphatic rings. The van der Waals surface area contributed by atoms with Crippen LogP contribution in [0.4, 0.5) is 0 Å². The first-order valence-corrected chi connectivity index (χ1v) is 3.69. The fourth-order valence-electron chi connectivity index (χ4n) is 0.867. The quantitative estimate of drug-likeness (QED) is 0.482. The summed E-state index contributed by atoms with van der Waals surface area (Å²) in [5.74, 6) is -0.179. The lowest BCUT2D eigenvalue weighted by Crippen LogP contribution is -2.15. The average Bonchev–Trinajstić information content (AvgIpc) is 2.10. The van der Waals surface area contributed by atoms with E-state index in [0.717, 1.165) is 0 Å². The van der Waals surface area contributed by atoms with E-state index in [0.29, 0.717) is 13.1 Å². The molecule has 0 saturated carbocycles. The summed E-state index contributed by atoms with van der Waals surface area (Å²) in [6.45, 7) is 1.32. The summed E-state index contributed by atoms with van der Waals surface area (Å²) in [6.07, 6.45) is -0.438. The monoisotopic (exact) mass is 238 g/mol. The Morgan fingerprint density at radius 3 is 2.56 bits per heavy atom. The van der Waals surface area contributed by atoms with Crippen LogP contribution in [0.5, 0.6) is 0 Å². The molecule has 0 aromatic rings. The van der Waals surface area contributed by atoms with E-state index >= 15 is 0 Å². The molecule has 4 heteroatoms. The molecular weight excluding hydrogens is 231 g/mol. The standard InChI is InChI=1S/C5H7IN2O/c6-8-2-4(1-7)5(9)3-8/h4-5,9H,2-3H2/t4-,5+/m0/s1. The van der Waals surface area contributed by atoms with E-state index in [1.54, 1.807) is 0 Å². The van der Waals surface area contributed by atoms with Crippen molar-refractivity contribution in [1.29, 1.82) is 5.26 Å². The molecule has 0 unspecified atom stereocenters. The number of rotatable bonds is 0. The van der Waals surface area contributed by atoms with Gasteiger partial charge in [0.25, 0.3) is 0 Å². The third-order valence-electron chi connectivity index (χ3n) is 1.41. The highest BCUT2D eigenvalue weighted by atomic mass is 127. The Labute approximate surface area is 67.8 Å². The second-order valence-electron chi connectivity index (χ2n) is 2.13. The van der Waals surface area contributed by atoms with Crippen LogP contribution in [0.2, 0.25) is 0 Å². The molecule has 50 valence electrons. The number of aliphatic hydroxyl groups excluding tert-OH is 1. The highest BCUT2D eigenvalue weighted by molar-refractivity contribution is 14.1. The van der Waals surface area contributed by atoms with Crippen LogP contribution in [0, 0.1) is 17.2 Å². The van der Waals surface area contributed by atoms with Gasteiger partial charge in [-0.25, -0.2) is 3.11 Å². The van der Waals surface area contributed by atoms with Crippen LogP contribution >= 0.6 is 22.9 Å². The Morgan fingerprint density at radius 1 is 1.67 bits per heavy atom. The van der Waals surface area contributed by atoms with Gasteiger partial charge in [0, 0.05) is 36.0 Å². The summed E-state index contributed by atoms with van der Waals surface area (Å²) in [6, 6.07) is 2.05. The molecule has 9 heavy (non-hydrogen) atoms. The number of halogens is 1. The summed E-state index contributed by atoms with van der Waals surface area (Å²) in [7, 11) is 0. The van der Waals surface area contributed by atoms with Crippen LogP contribution in [0.1, 0.15) is 0 Å². The first-order chi connectivity index (χ1) is 4.24. The molecule has 1 rings (SSSR count). The predicted octanol–water partition coefficient (Wildman–Crippen LogP) is 0.153. The molecule has 1 heterocycles. The smallest absolute Gasteiger partial charge is 0.0870 e. The van der Waals surface area contributed by atoms with Crippen LogP contribution in [0.15, 0.2) is 0 Å². The van der Waals surface area contributed by atoms with Gasteiger partial charge in [0.1, 0.15) is 0 Å². The summed E-state index contributed by atoms with van der Waals surface area (Å²) in [5.41, 5.74) is 0. The third-order valence-corrected chi connectivity index (χ3v) is 2.20. The minimum atomic E-state index is -0.438. The topological polar surface area (TPSA) is 47.3 Å². The minimum Gasteiger partial charge on any atom is -0.390 e. The molecule has 0 aliphatic carbocycles. The molecule has 0 bridgehead atoms. The molecule has 2 atom stereocenters. The Balaban J connectivity index is 2.50. The number of nitrogens with zero attached hydrogens (tertiary/aromatic N) is 2. The molecule has 0 spiro atoms. The molecule has 1 aliphatic heterocycles. The van der Waals surface area contributed by atoms with Crippen LogP contribution in [-0.2, 0) is 0 Å². The number of aliphatic hydroxyl groups is 1. The number of β-amino-alcohol motifs (C(OH)–C–C–N with tert-alkyl or cyclic N) is 1. The summed E-state index contributed by atoms with van der Waals surface area (Å²) >= 11 is 2.11. The molecule has 0 radical (unpaired) electrons. The van der Waals surface area contributed by atoms with Crippen molar-refractivity contribution < 1.29 is 5.11 Å². The molecule has 0 aromatic heterocycles. The van der Waals surface area contributed by atoms with Crippen LogP contribution < -0.4 is 0 Å². The summed E-state index contributed by atoms with van der Waals surface area (Å²) in [4.78, 5) is 0. The van der Waals surface area contributed by atoms with Gasteiger partial charge in [-0.3, -0.25) is 0 Å². The highest BCUT2D eigenvalue weighted by Gasteiger charge is 2.29. The maximum absolute atomic E-state index is 9.09. The molecule has 1 fully saturated rings. The fraction of sp³-hybridized carbons (Fsp3) is 0.800. The van der Waals surface area contributed by atoms with E-state index in [4.69, 9.17) is 10.4 Å². The molecule has 0 amide bonds. The van der Waals surface area contributed by atoms with E-state index in [2.05, 4.69) is 22.9 Å². The average molecular weight is 238 g/mol. The lowest BCUT2D eigenvalue weighted by Gasteiger charge is -1.99. The van der Waals surface area contributed by atoms with Gasteiger partial charge in [-0.2, -0.15) is 5.26 Å². The second-order valence-corrected chi connectivity index (χ2v) is 3.50. The Bertz CT molecular complexity index is 144. The van der Waals surface area contributed by atoms with E-state index in [1.165, 1.54) is 0 Å². The Hall–Kier alpha value is 0.140. The maximum atomic E-state index is 9.09. The molecule has 1 saturated heterocycles. The molecule has 1 N–H and O–H groups in total. The van der Waals surface area contributed by atoms with Crippen molar-refractivity contribution in [3.63, 3.8) is 0 Å². The molecular formula is C5H7IN2O. The van der Waals surface area contributed by atoms with Crippen molar-refractivity contribution in [3.05, 3.63) is 0 Å². The van der Waals surface area contributed by atoms with Gasteiger partial charge in [-0.15, -0.1) is 0 Å². The molecule has 0 aromatic carbocycles. The van der Waals surface area contributed by atoms with Gasteiger partial charge in [0.2, 0.25) is 0 Å². The van der Waals surface area contributed by atoms with E-state index in [-0.39, 0.29) is 5.92 Å². The van der Waals surface area contributed by atoms with Gasteiger partial charge in [-0.1, -0.05) is 0 Å².